The van der Waals surface area contributed by atoms with Crippen LogP contribution in [0.25, 0.3) is 0 Å². The van der Waals surface area contributed by atoms with Crippen molar-refractivity contribution in [1.82, 2.24) is 0 Å². The molecule has 0 nitrogen and oxygen atoms in total. The van der Waals surface area contributed by atoms with Crippen molar-refractivity contribution < 1.29 is 21.7 Å². The van der Waals surface area contributed by atoms with Crippen LogP contribution in [-0.4, -0.2) is 59.8 Å². The van der Waals surface area contributed by atoms with Gasteiger partial charge in [-0.2, -0.15) is 0 Å². The van der Waals surface area contributed by atoms with E-state index < -0.39 is 0 Å². The third kappa shape index (κ3) is 22.0. The fraction of sp³-hybridized carbons (Fsp3) is 0. The van der Waals surface area contributed by atoms with E-state index >= 15 is 0 Å². The first-order chi connectivity index (χ1) is 0. The summed E-state index contributed by atoms with van der Waals surface area (Å²) in [6, 6.07) is 0. The van der Waals surface area contributed by atoms with Crippen molar-refractivity contribution in [1.29, 1.82) is 0 Å². The van der Waals surface area contributed by atoms with Gasteiger partial charge in [0.05, 0.1) is 8.41 Å². The van der Waals surface area contributed by atoms with Crippen LogP contribution in [0.15, 0.2) is 0 Å². The third-order valence-electron chi connectivity index (χ3n) is 0. The molecule has 0 aliphatic heterocycles. The first-order valence-electron chi connectivity index (χ1n) is 0. The summed E-state index contributed by atoms with van der Waals surface area (Å²) in [4.78, 5) is 0. The molecule has 0 N–H and O–H groups in total. The monoisotopic (exact) mass is 150 g/mol. The molecule has 0 heterocycles. The summed E-state index contributed by atoms with van der Waals surface area (Å²) < 4.78 is 0. The van der Waals surface area contributed by atoms with Gasteiger partial charge in [-0.05, 0) is 11.0 Å². The summed E-state index contributed by atoms with van der Waals surface area (Å²) in [7, 11) is 0. The molecule has 0 radical (unpaired) electrons. The first kappa shape index (κ1) is 54.9. The van der Waals surface area contributed by atoms with Crippen molar-refractivity contribution in [3.63, 3.8) is 0 Å². The zero-order chi connectivity index (χ0) is 0. The molecule has 0 aromatic heterocycles. The molecule has 0 spiro atoms. The number of rotatable bonds is 0. The Bertz CT molecular complexity index is 11.6. The molecule has 0 aromatic rings. The number of hydrogen-bond acceptors (Lipinski definition) is 0. The van der Waals surface area contributed by atoms with Crippen LogP contribution in [0.3, 0.4) is 0 Å². The van der Waals surface area contributed by atoms with Gasteiger partial charge in [-0.1, -0.05) is 0 Å². The Kier molecular flexibility index (Phi) is 368. The Morgan fingerprint density at radius 1 is 1.00 bits per heavy atom. The summed E-state index contributed by atoms with van der Waals surface area (Å²) >= 11 is 0. The van der Waals surface area contributed by atoms with Crippen LogP contribution in [0.4, 0.5) is 0 Å². The van der Waals surface area contributed by atoms with Crippen LogP contribution < -0.4 is 0 Å². The van der Waals surface area contributed by atoms with Crippen molar-refractivity contribution in [2.24, 2.45) is 0 Å². The summed E-state index contributed by atoms with van der Waals surface area (Å²) in [6.07, 6.45) is 0. The first-order valence-corrected chi connectivity index (χ1v) is 0. The topological polar surface area (TPSA) is 0 Å². The van der Waals surface area contributed by atoms with Crippen LogP contribution in [-0.2, 0) is 21.7 Å². The molecule has 0 fully saturated rings. The van der Waals surface area contributed by atoms with E-state index in [0.29, 0.717) is 0 Å². The molecule has 0 aliphatic rings. The van der Waals surface area contributed by atoms with E-state index in [0.717, 1.165) is 0 Å². The van der Waals surface area contributed by atoms with Gasteiger partial charge < -0.3 is 0 Å². The smallest absolute Gasteiger partial charge is 0.0149 e. The fourth-order valence-electron chi connectivity index (χ4n) is 0. The molecular weight excluding hydrogens is 138 g/mol. The summed E-state index contributed by atoms with van der Waals surface area (Å²) in [5.41, 5.74) is 0. The quantitative estimate of drug-likeness (QED) is 0.304. The maximum absolute atomic E-state index is 0. The standard InChI is InChI=1S/Al.BH3.Mg.H4Si.Ti.5H/h;1H3;;1H4;;;;;;. The minimum absolute atomic E-state index is 0. The predicted octanol–water partition coefficient (Wildman–Crippen LogP) is -4.74. The molecule has 5 heteroatoms. The van der Waals surface area contributed by atoms with Gasteiger partial charge in [0.25, 0.3) is 0 Å². The minimum Gasteiger partial charge on any atom is -0.0149 e. The van der Waals surface area contributed by atoms with Gasteiger partial charge in [-0.3, -0.25) is 0 Å². The van der Waals surface area contributed by atoms with Gasteiger partial charge in [0.1, 0.15) is 0 Å². The van der Waals surface area contributed by atoms with Crippen LogP contribution >= 0.6 is 0 Å². The molecule has 0 unspecified atom stereocenters. The molecule has 0 saturated heterocycles. The molecule has 5 heavy (non-hydrogen) atoms. The van der Waals surface area contributed by atoms with E-state index in [1.807, 2.05) is 0 Å². The average molecular weight is 150 g/mol. The van der Waals surface area contributed by atoms with Crippen molar-refractivity contribution in [3.8, 4) is 0 Å². The van der Waals surface area contributed by atoms with E-state index in [1.54, 1.807) is 0 Å². The molecule has 0 rings (SSSR count). The van der Waals surface area contributed by atoms with Crippen LogP contribution in [0, 0.1) is 0 Å². The van der Waals surface area contributed by atoms with Gasteiger partial charge in [-0.15, -0.1) is 0 Å². The molecule has 0 saturated carbocycles. The third-order valence-corrected chi connectivity index (χ3v) is 0. The van der Waals surface area contributed by atoms with Crippen LogP contribution in [0.2, 0.25) is 0 Å². The predicted molar refractivity (Wildman–Crippen MR) is 39.8 cm³/mol. The second kappa shape index (κ2) is 33.5. The van der Waals surface area contributed by atoms with Gasteiger partial charge in [0.15, 0.2) is 17.4 Å². The van der Waals surface area contributed by atoms with E-state index in [9.17, 15) is 0 Å². The molecule has 28 valence electrons. The van der Waals surface area contributed by atoms with Crippen molar-refractivity contribution in [3.05, 3.63) is 0 Å². The Labute approximate surface area is 80.6 Å². The van der Waals surface area contributed by atoms with Gasteiger partial charge >= 0.3 is 23.1 Å². The Balaban J connectivity index is 0. The molecule has 0 amide bonds. The zero-order valence-electron chi connectivity index (χ0n) is 0.500. The summed E-state index contributed by atoms with van der Waals surface area (Å²) in [5, 5.41) is 0. The van der Waals surface area contributed by atoms with Gasteiger partial charge in [-0.25, -0.2) is 0 Å². The van der Waals surface area contributed by atoms with Gasteiger partial charge in [0.2, 0.25) is 0 Å². The van der Waals surface area contributed by atoms with Crippen molar-refractivity contribution >= 4 is 59.8 Å². The van der Waals surface area contributed by atoms with E-state index in [4.69, 9.17) is 0 Å². The molecule has 0 aromatic carbocycles. The summed E-state index contributed by atoms with van der Waals surface area (Å²) in [5.74, 6) is 0. The average Bonchev–Trinajstić information content (AvgIpc) is 0. The van der Waals surface area contributed by atoms with Crippen molar-refractivity contribution in [2.45, 2.75) is 0 Å². The molecule has 0 aliphatic carbocycles. The Morgan fingerprint density at radius 2 is 1.00 bits per heavy atom. The Hall–Kier alpha value is 2.29. The fourth-order valence-corrected chi connectivity index (χ4v) is 0. The largest absolute Gasteiger partial charge is 0.316 e. The summed E-state index contributed by atoms with van der Waals surface area (Å²) in [6.45, 7) is 0. The van der Waals surface area contributed by atoms with Crippen LogP contribution in [0.5, 0.6) is 0 Å². The Morgan fingerprint density at radius 3 is 1.00 bits per heavy atom. The van der Waals surface area contributed by atoms with E-state index in [1.165, 1.54) is 0 Å². The van der Waals surface area contributed by atoms with Crippen LogP contribution in [0.1, 0.15) is 0 Å². The van der Waals surface area contributed by atoms with Crippen molar-refractivity contribution in [2.75, 3.05) is 0 Å². The second-order valence-electron chi connectivity index (χ2n) is 0. The second-order valence-corrected chi connectivity index (χ2v) is 0. The maximum Gasteiger partial charge on any atom is 0.316 e. The minimum atomic E-state index is 0. The zero-order valence-corrected chi connectivity index (χ0v) is 2.06. The SMILES string of the molecule is B.[AlH3].[MgH2].[SiH4].[Ti]. The van der Waals surface area contributed by atoms with Gasteiger partial charge in [0, 0.05) is 21.7 Å². The maximum atomic E-state index is 0. The number of hydrogen-bond donors (Lipinski definition) is 0. The van der Waals surface area contributed by atoms with E-state index in [-0.39, 0.29) is 81.5 Å². The normalized spacial score (nSPS) is 0. The van der Waals surface area contributed by atoms with E-state index in [2.05, 4.69) is 0 Å². The molecule has 0 bridgehead atoms. The molecule has 0 atom stereocenters. The molecular formula is H12AlBMgSiTi.